The lowest BCUT2D eigenvalue weighted by atomic mass is 10.1. The number of aromatic amines is 1. The van der Waals surface area contributed by atoms with Crippen LogP contribution < -0.4 is 5.56 Å². The van der Waals surface area contributed by atoms with Crippen LogP contribution in [0, 0.1) is 3.57 Å². The predicted molar refractivity (Wildman–Crippen MR) is 85.5 cm³/mol. The number of H-pyrrole nitrogens is 1. The van der Waals surface area contributed by atoms with Crippen molar-refractivity contribution in [3.63, 3.8) is 0 Å². The minimum absolute atomic E-state index is 0.0944. The van der Waals surface area contributed by atoms with Gasteiger partial charge in [-0.05, 0) is 46.9 Å². The summed E-state index contributed by atoms with van der Waals surface area (Å²) in [5.41, 5.74) is -0.474. The number of alkyl halides is 3. The SMILES string of the molecule is O=c1[nH]c(-c2ccc(I)c(C(F)(F)F)c2)nc2ccccc12. The molecule has 0 atom stereocenters. The Morgan fingerprint density at radius 2 is 1.82 bits per heavy atom. The van der Waals surface area contributed by atoms with Gasteiger partial charge in [0.2, 0.25) is 0 Å². The van der Waals surface area contributed by atoms with Crippen LogP contribution in [0.2, 0.25) is 0 Å². The summed E-state index contributed by atoms with van der Waals surface area (Å²) in [6.07, 6.45) is -4.45. The maximum Gasteiger partial charge on any atom is 0.417 e. The molecule has 112 valence electrons. The molecule has 0 spiro atoms. The molecule has 1 heterocycles. The van der Waals surface area contributed by atoms with Crippen molar-refractivity contribution >= 4 is 33.5 Å². The molecule has 0 aliphatic rings. The van der Waals surface area contributed by atoms with E-state index in [-0.39, 0.29) is 20.5 Å². The second-order valence-electron chi connectivity index (χ2n) is 4.62. The Balaban J connectivity index is 2.22. The van der Waals surface area contributed by atoms with Gasteiger partial charge >= 0.3 is 6.18 Å². The number of nitrogens with one attached hydrogen (secondary N) is 1. The minimum atomic E-state index is -4.45. The fraction of sp³-hybridized carbons (Fsp3) is 0.0667. The van der Waals surface area contributed by atoms with Gasteiger partial charge in [-0.25, -0.2) is 4.98 Å². The number of nitrogens with zero attached hydrogens (tertiary/aromatic N) is 1. The van der Waals surface area contributed by atoms with Crippen LogP contribution in [-0.2, 0) is 6.18 Å². The molecule has 3 aromatic rings. The van der Waals surface area contributed by atoms with Gasteiger partial charge in [0, 0.05) is 9.13 Å². The predicted octanol–water partition coefficient (Wildman–Crippen LogP) is 4.21. The zero-order valence-electron chi connectivity index (χ0n) is 10.9. The van der Waals surface area contributed by atoms with Crippen molar-refractivity contribution in [1.82, 2.24) is 9.97 Å². The van der Waals surface area contributed by atoms with E-state index in [9.17, 15) is 18.0 Å². The summed E-state index contributed by atoms with van der Waals surface area (Å²) >= 11 is 1.63. The molecule has 0 amide bonds. The molecule has 0 radical (unpaired) electrons. The number of halogens is 4. The van der Waals surface area contributed by atoms with Crippen molar-refractivity contribution in [3.8, 4) is 11.4 Å². The largest absolute Gasteiger partial charge is 0.417 e. The lowest BCUT2D eigenvalue weighted by molar-refractivity contribution is -0.138. The molecule has 0 bridgehead atoms. The molecule has 2 aromatic carbocycles. The van der Waals surface area contributed by atoms with Crippen LogP contribution in [0.15, 0.2) is 47.3 Å². The fourth-order valence-corrected chi connectivity index (χ4v) is 2.75. The van der Waals surface area contributed by atoms with Gasteiger partial charge in [0.05, 0.1) is 16.5 Å². The Labute approximate surface area is 136 Å². The quantitative estimate of drug-likeness (QED) is 0.605. The first-order valence-corrected chi connectivity index (χ1v) is 7.30. The third-order valence-electron chi connectivity index (χ3n) is 3.16. The van der Waals surface area contributed by atoms with Gasteiger partial charge in [0.1, 0.15) is 5.82 Å². The second-order valence-corrected chi connectivity index (χ2v) is 5.79. The van der Waals surface area contributed by atoms with Crippen LogP contribution in [-0.4, -0.2) is 9.97 Å². The Kier molecular flexibility index (Phi) is 3.67. The molecule has 0 unspecified atom stereocenters. The first kappa shape index (κ1) is 15.0. The van der Waals surface area contributed by atoms with Gasteiger partial charge in [-0.3, -0.25) is 4.79 Å². The molecule has 22 heavy (non-hydrogen) atoms. The summed E-state index contributed by atoms with van der Waals surface area (Å²) in [7, 11) is 0. The number of benzene rings is 2. The Hall–Kier alpha value is -1.90. The molecule has 0 fully saturated rings. The number of rotatable bonds is 1. The van der Waals surface area contributed by atoms with Crippen LogP contribution in [0.4, 0.5) is 13.2 Å². The Bertz CT molecular complexity index is 919. The van der Waals surface area contributed by atoms with Gasteiger partial charge in [-0.1, -0.05) is 18.2 Å². The molecule has 0 aliphatic carbocycles. The highest BCUT2D eigenvalue weighted by Gasteiger charge is 2.33. The van der Waals surface area contributed by atoms with Gasteiger partial charge in [-0.2, -0.15) is 13.2 Å². The van der Waals surface area contributed by atoms with Crippen molar-refractivity contribution < 1.29 is 13.2 Å². The zero-order chi connectivity index (χ0) is 15.9. The second kappa shape index (κ2) is 5.38. The summed E-state index contributed by atoms with van der Waals surface area (Å²) in [6.45, 7) is 0. The Morgan fingerprint density at radius 1 is 1.09 bits per heavy atom. The molecule has 0 aliphatic heterocycles. The van der Waals surface area contributed by atoms with Crippen LogP contribution in [0.5, 0.6) is 0 Å². The molecular formula is C15H8F3IN2O. The monoisotopic (exact) mass is 416 g/mol. The number of para-hydroxylation sites is 1. The molecule has 0 saturated carbocycles. The first-order chi connectivity index (χ1) is 10.4. The number of hydrogen-bond acceptors (Lipinski definition) is 2. The minimum Gasteiger partial charge on any atom is -0.306 e. The van der Waals surface area contributed by atoms with Crippen molar-refractivity contribution in [2.45, 2.75) is 6.18 Å². The molecule has 3 rings (SSSR count). The maximum absolute atomic E-state index is 13.0. The third kappa shape index (κ3) is 2.72. The van der Waals surface area contributed by atoms with E-state index in [0.29, 0.717) is 10.9 Å². The highest BCUT2D eigenvalue weighted by atomic mass is 127. The topological polar surface area (TPSA) is 45.8 Å². The van der Waals surface area contributed by atoms with E-state index in [4.69, 9.17) is 0 Å². The van der Waals surface area contributed by atoms with Crippen LogP contribution in [0.1, 0.15) is 5.56 Å². The highest BCUT2D eigenvalue weighted by molar-refractivity contribution is 14.1. The van der Waals surface area contributed by atoms with E-state index < -0.39 is 11.7 Å². The van der Waals surface area contributed by atoms with Crippen molar-refractivity contribution in [2.75, 3.05) is 0 Å². The maximum atomic E-state index is 13.0. The molecule has 7 heteroatoms. The lowest BCUT2D eigenvalue weighted by Crippen LogP contribution is -2.11. The average molecular weight is 416 g/mol. The molecule has 3 nitrogen and oxygen atoms in total. The fourth-order valence-electron chi connectivity index (χ4n) is 2.11. The summed E-state index contributed by atoms with van der Waals surface area (Å²) < 4.78 is 39.0. The summed E-state index contributed by atoms with van der Waals surface area (Å²) in [4.78, 5) is 18.8. The normalized spacial score (nSPS) is 11.8. The standard InChI is InChI=1S/C15H8F3IN2O/c16-15(17,18)10-7-8(5-6-11(10)19)13-20-12-4-2-1-3-9(12)14(22)21-13/h1-7H,(H,20,21,22). The number of fused-ring (bicyclic) bond motifs is 1. The summed E-state index contributed by atoms with van der Waals surface area (Å²) in [6, 6.07) is 10.5. The lowest BCUT2D eigenvalue weighted by Gasteiger charge is -2.11. The molecule has 1 N–H and O–H groups in total. The van der Waals surface area contributed by atoms with Gasteiger partial charge in [-0.15, -0.1) is 0 Å². The third-order valence-corrected chi connectivity index (χ3v) is 4.10. The average Bonchev–Trinajstić information content (AvgIpc) is 2.46. The van der Waals surface area contributed by atoms with Crippen molar-refractivity contribution in [2.24, 2.45) is 0 Å². The Morgan fingerprint density at radius 3 is 2.55 bits per heavy atom. The van der Waals surface area contributed by atoms with Crippen molar-refractivity contribution in [3.05, 3.63) is 62.0 Å². The van der Waals surface area contributed by atoms with E-state index >= 15 is 0 Å². The molecule has 1 aromatic heterocycles. The first-order valence-electron chi connectivity index (χ1n) is 6.22. The van der Waals surface area contributed by atoms with Crippen LogP contribution >= 0.6 is 22.6 Å². The summed E-state index contributed by atoms with van der Waals surface area (Å²) in [5.74, 6) is 0.116. The van der Waals surface area contributed by atoms with Gasteiger partial charge in [0.15, 0.2) is 0 Å². The van der Waals surface area contributed by atoms with E-state index in [1.165, 1.54) is 12.1 Å². The number of aromatic nitrogens is 2. The highest BCUT2D eigenvalue weighted by Crippen LogP contribution is 2.34. The van der Waals surface area contributed by atoms with Crippen molar-refractivity contribution in [1.29, 1.82) is 0 Å². The van der Waals surface area contributed by atoms with Crippen LogP contribution in [0.25, 0.3) is 22.3 Å². The van der Waals surface area contributed by atoms with Gasteiger partial charge < -0.3 is 4.98 Å². The summed E-state index contributed by atoms with van der Waals surface area (Å²) in [5, 5.41) is 0.396. The number of hydrogen-bond donors (Lipinski definition) is 1. The smallest absolute Gasteiger partial charge is 0.306 e. The van der Waals surface area contributed by atoms with E-state index in [2.05, 4.69) is 9.97 Å². The van der Waals surface area contributed by atoms with E-state index in [1.54, 1.807) is 46.9 Å². The molecule has 0 saturated heterocycles. The molecular weight excluding hydrogens is 408 g/mol. The van der Waals surface area contributed by atoms with Gasteiger partial charge in [0.25, 0.3) is 5.56 Å². The van der Waals surface area contributed by atoms with E-state index in [1.807, 2.05) is 0 Å². The zero-order valence-corrected chi connectivity index (χ0v) is 13.1. The van der Waals surface area contributed by atoms with Crippen LogP contribution in [0.3, 0.4) is 0 Å². The van der Waals surface area contributed by atoms with E-state index in [0.717, 1.165) is 6.07 Å².